The number of morpholine rings is 1. The quantitative estimate of drug-likeness (QED) is 0.792. The summed E-state index contributed by atoms with van der Waals surface area (Å²) in [6.45, 7) is 6.61. The zero-order valence-corrected chi connectivity index (χ0v) is 14.5. The Hall–Kier alpha value is -1.99. The molecule has 0 bridgehead atoms. The highest BCUT2D eigenvalue weighted by Gasteiger charge is 2.42. The number of nitrogens with one attached hydrogen (secondary N) is 1. The van der Waals surface area contributed by atoms with E-state index in [9.17, 15) is 9.18 Å². The normalized spacial score (nSPS) is 23.8. The average molecular weight is 349 g/mol. The summed E-state index contributed by atoms with van der Waals surface area (Å²) in [6.07, 6.45) is 1.12. The van der Waals surface area contributed by atoms with Crippen molar-refractivity contribution in [3.8, 4) is 0 Å². The predicted molar refractivity (Wildman–Crippen MR) is 91.9 cm³/mol. The first kappa shape index (κ1) is 17.8. The standard InChI is InChI=1S/C18H24FN3O3/c1-18(13-16(21-25-18)14-5-2-3-6-15(14)19)17(23)20-7-4-8-22-9-11-24-12-10-22/h2-3,5-6H,4,7-13H2,1H3,(H,20,23). The highest BCUT2D eigenvalue weighted by molar-refractivity contribution is 6.05. The molecule has 25 heavy (non-hydrogen) atoms. The summed E-state index contributed by atoms with van der Waals surface area (Å²) in [5.74, 6) is -0.579. The van der Waals surface area contributed by atoms with Crippen molar-refractivity contribution in [2.45, 2.75) is 25.4 Å². The van der Waals surface area contributed by atoms with Crippen molar-refractivity contribution in [3.63, 3.8) is 0 Å². The zero-order chi connectivity index (χ0) is 17.7. The molecule has 1 atom stereocenters. The summed E-state index contributed by atoms with van der Waals surface area (Å²) in [7, 11) is 0. The molecular weight excluding hydrogens is 325 g/mol. The molecule has 1 N–H and O–H groups in total. The Kier molecular flexibility index (Phi) is 5.65. The molecule has 3 rings (SSSR count). The summed E-state index contributed by atoms with van der Waals surface area (Å²) in [5.41, 5.74) is -0.244. The topological polar surface area (TPSA) is 63.2 Å². The first-order valence-electron chi connectivity index (χ1n) is 8.67. The first-order valence-corrected chi connectivity index (χ1v) is 8.67. The van der Waals surface area contributed by atoms with Crippen molar-refractivity contribution in [1.82, 2.24) is 10.2 Å². The molecule has 0 radical (unpaired) electrons. The van der Waals surface area contributed by atoms with Gasteiger partial charge in [-0.3, -0.25) is 9.69 Å². The van der Waals surface area contributed by atoms with E-state index in [-0.39, 0.29) is 18.1 Å². The lowest BCUT2D eigenvalue weighted by Gasteiger charge is -2.26. The van der Waals surface area contributed by atoms with Crippen molar-refractivity contribution in [2.24, 2.45) is 5.16 Å². The van der Waals surface area contributed by atoms with Gasteiger partial charge in [0.15, 0.2) is 0 Å². The van der Waals surface area contributed by atoms with Crippen LogP contribution in [0.5, 0.6) is 0 Å². The molecule has 0 spiro atoms. The molecule has 136 valence electrons. The van der Waals surface area contributed by atoms with E-state index in [0.717, 1.165) is 39.3 Å². The maximum Gasteiger partial charge on any atom is 0.267 e. The Bertz CT molecular complexity index is 646. The Morgan fingerprint density at radius 3 is 2.88 bits per heavy atom. The third kappa shape index (κ3) is 4.35. The fourth-order valence-corrected chi connectivity index (χ4v) is 3.02. The number of rotatable bonds is 6. The van der Waals surface area contributed by atoms with Crippen LogP contribution in [-0.2, 0) is 14.4 Å². The Labute approximate surface area is 147 Å². The fourth-order valence-electron chi connectivity index (χ4n) is 3.02. The monoisotopic (exact) mass is 349 g/mol. The summed E-state index contributed by atoms with van der Waals surface area (Å²) < 4.78 is 19.2. The van der Waals surface area contributed by atoms with Gasteiger partial charge in [0.05, 0.1) is 18.9 Å². The molecule has 0 saturated carbocycles. The Balaban J connectivity index is 1.45. The number of carbonyl (C=O) groups excluding carboxylic acids is 1. The molecule has 7 heteroatoms. The molecule has 2 aliphatic rings. The molecule has 0 aliphatic carbocycles. The number of nitrogens with zero attached hydrogens (tertiary/aromatic N) is 2. The highest BCUT2D eigenvalue weighted by Crippen LogP contribution is 2.27. The van der Waals surface area contributed by atoms with Crippen LogP contribution < -0.4 is 5.32 Å². The van der Waals surface area contributed by atoms with Crippen LogP contribution in [0.4, 0.5) is 4.39 Å². The third-order valence-corrected chi connectivity index (χ3v) is 4.57. The summed E-state index contributed by atoms with van der Waals surface area (Å²) in [6, 6.07) is 6.38. The van der Waals surface area contributed by atoms with E-state index in [1.807, 2.05) is 0 Å². The van der Waals surface area contributed by atoms with Crippen LogP contribution in [0.2, 0.25) is 0 Å². The van der Waals surface area contributed by atoms with Crippen LogP contribution in [0.25, 0.3) is 0 Å². The number of halogens is 1. The maximum absolute atomic E-state index is 13.9. The van der Waals surface area contributed by atoms with Gasteiger partial charge in [0.2, 0.25) is 5.60 Å². The van der Waals surface area contributed by atoms with Crippen LogP contribution >= 0.6 is 0 Å². The second-order valence-corrected chi connectivity index (χ2v) is 6.58. The minimum atomic E-state index is -1.09. The van der Waals surface area contributed by atoms with Crippen molar-refractivity contribution in [2.75, 3.05) is 39.4 Å². The lowest BCUT2D eigenvalue weighted by Crippen LogP contribution is -2.45. The van der Waals surface area contributed by atoms with Crippen LogP contribution in [0, 0.1) is 5.82 Å². The molecule has 1 fully saturated rings. The SMILES string of the molecule is CC1(C(=O)NCCCN2CCOCC2)CC(c2ccccc2F)=NO1. The summed E-state index contributed by atoms with van der Waals surface area (Å²) in [5, 5.41) is 6.84. The largest absolute Gasteiger partial charge is 0.379 e. The van der Waals surface area contributed by atoms with Gasteiger partial charge in [-0.05, 0) is 26.0 Å². The number of oxime groups is 1. The summed E-state index contributed by atoms with van der Waals surface area (Å²) in [4.78, 5) is 20.1. The van der Waals surface area contributed by atoms with Crippen molar-refractivity contribution in [1.29, 1.82) is 0 Å². The second-order valence-electron chi connectivity index (χ2n) is 6.58. The van der Waals surface area contributed by atoms with Crippen molar-refractivity contribution >= 4 is 11.6 Å². The lowest BCUT2D eigenvalue weighted by molar-refractivity contribution is -0.141. The van der Waals surface area contributed by atoms with Crippen molar-refractivity contribution in [3.05, 3.63) is 35.6 Å². The van der Waals surface area contributed by atoms with Gasteiger partial charge in [0.25, 0.3) is 5.91 Å². The Morgan fingerprint density at radius 2 is 2.12 bits per heavy atom. The second kappa shape index (κ2) is 7.93. The molecule has 6 nitrogen and oxygen atoms in total. The van der Waals surface area contributed by atoms with Crippen molar-refractivity contribution < 1.29 is 18.8 Å². The molecule has 2 heterocycles. The van der Waals surface area contributed by atoms with Crippen LogP contribution in [0.1, 0.15) is 25.3 Å². The highest BCUT2D eigenvalue weighted by atomic mass is 19.1. The Morgan fingerprint density at radius 1 is 1.36 bits per heavy atom. The smallest absolute Gasteiger partial charge is 0.267 e. The number of benzene rings is 1. The minimum absolute atomic E-state index is 0.218. The third-order valence-electron chi connectivity index (χ3n) is 4.57. The van der Waals surface area contributed by atoms with Gasteiger partial charge in [-0.1, -0.05) is 23.4 Å². The molecule has 0 aromatic heterocycles. The van der Waals surface area contributed by atoms with Crippen LogP contribution in [-0.4, -0.2) is 61.5 Å². The molecule has 1 aromatic rings. The predicted octanol–water partition coefficient (Wildman–Crippen LogP) is 1.55. The summed E-state index contributed by atoms with van der Waals surface area (Å²) >= 11 is 0. The maximum atomic E-state index is 13.9. The molecule has 1 unspecified atom stereocenters. The number of carbonyl (C=O) groups is 1. The fraction of sp³-hybridized carbons (Fsp3) is 0.556. The number of ether oxygens (including phenoxy) is 1. The molecule has 1 aromatic carbocycles. The van der Waals surface area contributed by atoms with Gasteiger partial charge in [0.1, 0.15) is 5.82 Å². The molecule has 1 amide bonds. The van der Waals surface area contributed by atoms with E-state index in [0.29, 0.717) is 17.8 Å². The first-order chi connectivity index (χ1) is 12.1. The average Bonchev–Trinajstić information content (AvgIpc) is 3.03. The zero-order valence-electron chi connectivity index (χ0n) is 14.5. The molecule has 1 saturated heterocycles. The number of hydrogen-bond acceptors (Lipinski definition) is 5. The van der Waals surface area contributed by atoms with Crippen LogP contribution in [0.15, 0.2) is 29.4 Å². The van der Waals surface area contributed by atoms with E-state index in [1.54, 1.807) is 25.1 Å². The van der Waals surface area contributed by atoms with Gasteiger partial charge in [0, 0.05) is 31.6 Å². The van der Waals surface area contributed by atoms with E-state index < -0.39 is 5.60 Å². The van der Waals surface area contributed by atoms with E-state index in [4.69, 9.17) is 9.57 Å². The van der Waals surface area contributed by atoms with Gasteiger partial charge >= 0.3 is 0 Å². The minimum Gasteiger partial charge on any atom is -0.379 e. The number of amides is 1. The van der Waals surface area contributed by atoms with E-state index in [2.05, 4.69) is 15.4 Å². The van der Waals surface area contributed by atoms with E-state index in [1.165, 1.54) is 6.07 Å². The van der Waals surface area contributed by atoms with E-state index >= 15 is 0 Å². The van der Waals surface area contributed by atoms with Gasteiger partial charge in [-0.2, -0.15) is 0 Å². The van der Waals surface area contributed by atoms with Crippen LogP contribution in [0.3, 0.4) is 0 Å². The van der Waals surface area contributed by atoms with Gasteiger partial charge in [-0.15, -0.1) is 0 Å². The molecular formula is C18H24FN3O3. The molecule has 2 aliphatic heterocycles. The lowest BCUT2D eigenvalue weighted by atomic mass is 9.95. The van der Waals surface area contributed by atoms with Gasteiger partial charge < -0.3 is 14.9 Å². The van der Waals surface area contributed by atoms with Gasteiger partial charge in [-0.25, -0.2) is 4.39 Å². The number of hydrogen-bond donors (Lipinski definition) is 1.